The summed E-state index contributed by atoms with van der Waals surface area (Å²) in [5, 5.41) is 3.05. The second-order valence-electron chi connectivity index (χ2n) is 7.46. The van der Waals surface area contributed by atoms with Gasteiger partial charge >= 0.3 is 0 Å². The molecule has 0 saturated carbocycles. The summed E-state index contributed by atoms with van der Waals surface area (Å²) in [5.41, 5.74) is 3.33. The fraction of sp³-hybridized carbons (Fsp3) is 0.364. The summed E-state index contributed by atoms with van der Waals surface area (Å²) in [4.78, 5) is 19.5. The van der Waals surface area contributed by atoms with Crippen LogP contribution in [0.15, 0.2) is 52.9 Å². The molecule has 1 fully saturated rings. The molecule has 27 heavy (non-hydrogen) atoms. The molecular weight excluding hydrogens is 338 g/mol. The Morgan fingerprint density at radius 1 is 1.11 bits per heavy atom. The van der Waals surface area contributed by atoms with E-state index in [1.165, 1.54) is 0 Å². The van der Waals surface area contributed by atoms with Gasteiger partial charge in [-0.1, -0.05) is 12.1 Å². The van der Waals surface area contributed by atoms with E-state index in [9.17, 15) is 4.79 Å². The van der Waals surface area contributed by atoms with E-state index in [-0.39, 0.29) is 11.8 Å². The van der Waals surface area contributed by atoms with Crippen LogP contribution in [0.3, 0.4) is 0 Å². The van der Waals surface area contributed by atoms with Crippen LogP contribution >= 0.6 is 0 Å². The van der Waals surface area contributed by atoms with Crippen LogP contribution in [0, 0.1) is 5.92 Å². The van der Waals surface area contributed by atoms with Gasteiger partial charge in [0.05, 0.1) is 0 Å². The summed E-state index contributed by atoms with van der Waals surface area (Å²) >= 11 is 0. The number of para-hydroxylation sites is 2. The summed E-state index contributed by atoms with van der Waals surface area (Å²) < 4.78 is 5.80. The minimum Gasteiger partial charge on any atom is -0.436 e. The lowest BCUT2D eigenvalue weighted by Gasteiger charge is -2.33. The first-order chi connectivity index (χ1) is 13.1. The van der Waals surface area contributed by atoms with Gasteiger partial charge in [-0.25, -0.2) is 4.98 Å². The normalized spacial score (nSPS) is 16.1. The largest absolute Gasteiger partial charge is 0.436 e. The Morgan fingerprint density at radius 3 is 2.48 bits per heavy atom. The lowest BCUT2D eigenvalue weighted by atomic mass is 9.95. The van der Waals surface area contributed by atoms with Crippen molar-refractivity contribution in [3.8, 4) is 11.5 Å². The number of anilines is 1. The maximum Gasteiger partial charge on any atom is 0.227 e. The highest BCUT2D eigenvalue weighted by Crippen LogP contribution is 2.26. The third kappa shape index (κ3) is 3.88. The Bertz CT molecular complexity index is 889. The van der Waals surface area contributed by atoms with Crippen molar-refractivity contribution in [2.24, 2.45) is 5.92 Å². The van der Waals surface area contributed by atoms with Crippen LogP contribution in [-0.2, 0) is 4.79 Å². The number of rotatable bonds is 4. The maximum atomic E-state index is 12.6. The molecule has 0 spiro atoms. The molecule has 1 amide bonds. The number of carbonyl (C=O) groups excluding carboxylic acids is 1. The number of carbonyl (C=O) groups is 1. The number of piperidine rings is 1. The fourth-order valence-electron chi connectivity index (χ4n) is 3.61. The standard InChI is InChI=1S/C22H25N3O2/c1-15(2)25-13-11-16(12-14-25)21(26)23-18-9-7-17(8-10-18)22-24-19-5-3-4-6-20(19)27-22/h3-10,15-16H,11-14H2,1-2H3,(H,23,26). The van der Waals surface area contributed by atoms with Crippen molar-refractivity contribution < 1.29 is 9.21 Å². The van der Waals surface area contributed by atoms with E-state index in [0.717, 1.165) is 48.3 Å². The Morgan fingerprint density at radius 2 is 1.81 bits per heavy atom. The topological polar surface area (TPSA) is 58.4 Å². The molecule has 140 valence electrons. The maximum absolute atomic E-state index is 12.6. The predicted molar refractivity (Wildman–Crippen MR) is 108 cm³/mol. The average molecular weight is 363 g/mol. The molecule has 1 N–H and O–H groups in total. The molecule has 2 heterocycles. The minimum absolute atomic E-state index is 0.0942. The third-order valence-electron chi connectivity index (χ3n) is 5.32. The van der Waals surface area contributed by atoms with E-state index in [1.54, 1.807) is 0 Å². The average Bonchev–Trinajstić information content (AvgIpc) is 3.13. The number of amides is 1. The van der Waals surface area contributed by atoms with Crippen molar-refractivity contribution in [1.29, 1.82) is 0 Å². The number of fused-ring (bicyclic) bond motifs is 1. The van der Waals surface area contributed by atoms with Crippen LogP contribution in [0.1, 0.15) is 26.7 Å². The molecule has 1 aliphatic heterocycles. The second-order valence-corrected chi connectivity index (χ2v) is 7.46. The number of oxazole rings is 1. The molecule has 2 aromatic carbocycles. The molecule has 1 aromatic heterocycles. The number of benzene rings is 2. The Hall–Kier alpha value is -2.66. The van der Waals surface area contributed by atoms with Gasteiger partial charge in [-0.15, -0.1) is 0 Å². The van der Waals surface area contributed by atoms with E-state index in [1.807, 2.05) is 48.5 Å². The van der Waals surface area contributed by atoms with Crippen molar-refractivity contribution in [1.82, 2.24) is 9.88 Å². The van der Waals surface area contributed by atoms with Crippen LogP contribution in [0.2, 0.25) is 0 Å². The van der Waals surface area contributed by atoms with E-state index >= 15 is 0 Å². The molecule has 0 bridgehead atoms. The Balaban J connectivity index is 1.40. The van der Waals surface area contributed by atoms with E-state index < -0.39 is 0 Å². The van der Waals surface area contributed by atoms with Gasteiger partial charge in [-0.3, -0.25) is 4.79 Å². The zero-order valence-electron chi connectivity index (χ0n) is 15.8. The minimum atomic E-state index is 0.0942. The summed E-state index contributed by atoms with van der Waals surface area (Å²) in [6.07, 6.45) is 1.84. The highest BCUT2D eigenvalue weighted by Gasteiger charge is 2.26. The molecule has 0 radical (unpaired) electrons. The van der Waals surface area contributed by atoms with Crippen molar-refractivity contribution in [3.05, 3.63) is 48.5 Å². The molecule has 4 rings (SSSR count). The molecule has 5 nitrogen and oxygen atoms in total. The van der Waals surface area contributed by atoms with Crippen molar-refractivity contribution in [3.63, 3.8) is 0 Å². The van der Waals surface area contributed by atoms with Gasteiger partial charge in [0.25, 0.3) is 0 Å². The lowest BCUT2D eigenvalue weighted by molar-refractivity contribution is -0.121. The van der Waals surface area contributed by atoms with E-state index in [2.05, 4.69) is 29.0 Å². The predicted octanol–water partition coefficient (Wildman–Crippen LogP) is 4.55. The van der Waals surface area contributed by atoms with E-state index in [4.69, 9.17) is 4.42 Å². The quantitative estimate of drug-likeness (QED) is 0.738. The van der Waals surface area contributed by atoms with Gasteiger partial charge in [-0.05, 0) is 76.2 Å². The highest BCUT2D eigenvalue weighted by molar-refractivity contribution is 5.92. The first kappa shape index (κ1) is 17.7. The Kier molecular flexibility index (Phi) is 4.94. The molecule has 0 unspecified atom stereocenters. The van der Waals surface area contributed by atoms with Crippen molar-refractivity contribution in [2.45, 2.75) is 32.7 Å². The third-order valence-corrected chi connectivity index (χ3v) is 5.32. The highest BCUT2D eigenvalue weighted by atomic mass is 16.3. The zero-order valence-corrected chi connectivity index (χ0v) is 15.8. The number of nitrogens with one attached hydrogen (secondary N) is 1. The van der Waals surface area contributed by atoms with Crippen molar-refractivity contribution >= 4 is 22.7 Å². The molecule has 1 saturated heterocycles. The van der Waals surface area contributed by atoms with Gasteiger partial charge in [-0.2, -0.15) is 0 Å². The molecular formula is C22H25N3O2. The summed E-state index contributed by atoms with van der Waals surface area (Å²) in [5.74, 6) is 0.805. The van der Waals surface area contributed by atoms with Gasteiger partial charge in [0.15, 0.2) is 5.58 Å². The zero-order chi connectivity index (χ0) is 18.8. The van der Waals surface area contributed by atoms with Crippen LogP contribution in [-0.4, -0.2) is 34.9 Å². The van der Waals surface area contributed by atoms with Crippen LogP contribution < -0.4 is 5.32 Å². The fourth-order valence-corrected chi connectivity index (χ4v) is 3.61. The number of likely N-dealkylation sites (tertiary alicyclic amines) is 1. The van der Waals surface area contributed by atoms with Gasteiger partial charge < -0.3 is 14.6 Å². The first-order valence-corrected chi connectivity index (χ1v) is 9.61. The van der Waals surface area contributed by atoms with Crippen LogP contribution in [0.5, 0.6) is 0 Å². The molecule has 5 heteroatoms. The smallest absolute Gasteiger partial charge is 0.227 e. The monoisotopic (exact) mass is 363 g/mol. The lowest BCUT2D eigenvalue weighted by Crippen LogP contribution is -2.41. The molecule has 3 aromatic rings. The van der Waals surface area contributed by atoms with E-state index in [0.29, 0.717) is 11.9 Å². The molecule has 1 aliphatic rings. The molecule has 0 aliphatic carbocycles. The molecule has 0 atom stereocenters. The van der Waals surface area contributed by atoms with Crippen LogP contribution in [0.4, 0.5) is 5.69 Å². The Labute approximate surface area is 159 Å². The first-order valence-electron chi connectivity index (χ1n) is 9.61. The summed E-state index contributed by atoms with van der Waals surface area (Å²) in [6.45, 7) is 6.40. The number of aromatic nitrogens is 1. The number of hydrogen-bond donors (Lipinski definition) is 1. The van der Waals surface area contributed by atoms with Crippen LogP contribution in [0.25, 0.3) is 22.6 Å². The summed E-state index contributed by atoms with van der Waals surface area (Å²) in [7, 11) is 0. The number of nitrogens with zero attached hydrogens (tertiary/aromatic N) is 2. The SMILES string of the molecule is CC(C)N1CCC(C(=O)Nc2ccc(-c3nc4ccccc4o3)cc2)CC1. The summed E-state index contributed by atoms with van der Waals surface area (Å²) in [6, 6.07) is 15.9. The van der Waals surface area contributed by atoms with Gasteiger partial charge in [0.1, 0.15) is 5.52 Å². The van der Waals surface area contributed by atoms with Crippen molar-refractivity contribution in [2.75, 3.05) is 18.4 Å². The van der Waals surface area contributed by atoms with Gasteiger partial charge in [0.2, 0.25) is 11.8 Å². The number of hydrogen-bond acceptors (Lipinski definition) is 4. The second kappa shape index (κ2) is 7.53. The van der Waals surface area contributed by atoms with Gasteiger partial charge in [0, 0.05) is 23.2 Å².